The standard InChI is InChI=1S/C8H13N.C8H18.C3H6O.2C2H6/c1-3-5-6-7-8(9)4-2;1-4-6-8(3)7-5-2;1-3(2)4;2*1-2/h4-7H,2-3,9H2,1H3;8H,4-7H2,1-3H3;1-2H3;2*1-2H3/b6-5-,8-7+;;;;. The fourth-order valence-electron chi connectivity index (χ4n) is 1.51. The zero-order valence-corrected chi connectivity index (χ0v) is 19.1. The molecule has 0 saturated carbocycles. The quantitative estimate of drug-likeness (QED) is 0.472. The molecule has 0 bridgehead atoms. The molecular weight excluding hydrogens is 306 g/mol. The molecular formula is C23H49NO. The van der Waals surface area contributed by atoms with Gasteiger partial charge in [0.15, 0.2) is 0 Å². The Hall–Kier alpha value is -1.31. The Balaban J connectivity index is -0.0000000761. The van der Waals surface area contributed by atoms with E-state index in [9.17, 15) is 4.79 Å². The van der Waals surface area contributed by atoms with Gasteiger partial charge < -0.3 is 10.5 Å². The van der Waals surface area contributed by atoms with Gasteiger partial charge in [0, 0.05) is 5.70 Å². The SMILES string of the molecule is C=C/C(N)=C\C=C/CC.CC.CC.CC(C)=O.CCCC(C)CCC. The van der Waals surface area contributed by atoms with Gasteiger partial charge in [0.25, 0.3) is 0 Å². The molecule has 0 aliphatic carbocycles. The molecule has 0 aliphatic heterocycles. The summed E-state index contributed by atoms with van der Waals surface area (Å²) in [7, 11) is 0. The average Bonchev–Trinajstić information content (AvgIpc) is 2.59. The number of ketones is 1. The number of carbonyl (C=O) groups is 1. The van der Waals surface area contributed by atoms with Gasteiger partial charge in [-0.1, -0.05) is 99.8 Å². The fraction of sp³-hybridized carbons (Fsp3) is 0.696. The van der Waals surface area contributed by atoms with E-state index in [0.717, 1.165) is 12.3 Å². The smallest absolute Gasteiger partial charge is 0.126 e. The van der Waals surface area contributed by atoms with E-state index in [4.69, 9.17) is 5.73 Å². The molecule has 0 aromatic heterocycles. The molecule has 0 fully saturated rings. The number of rotatable bonds is 7. The number of nitrogens with two attached hydrogens (primary N) is 1. The first-order valence-electron chi connectivity index (χ1n) is 10.1. The second-order valence-electron chi connectivity index (χ2n) is 5.30. The van der Waals surface area contributed by atoms with Crippen LogP contribution in [0.5, 0.6) is 0 Å². The van der Waals surface area contributed by atoms with Crippen molar-refractivity contribution in [2.45, 2.75) is 101 Å². The monoisotopic (exact) mass is 355 g/mol. The summed E-state index contributed by atoms with van der Waals surface area (Å²) in [6.07, 6.45) is 14.0. The molecule has 0 radical (unpaired) electrons. The van der Waals surface area contributed by atoms with Crippen molar-refractivity contribution in [1.82, 2.24) is 0 Å². The largest absolute Gasteiger partial charge is 0.399 e. The summed E-state index contributed by atoms with van der Waals surface area (Å²) in [6.45, 7) is 23.5. The van der Waals surface area contributed by atoms with E-state index in [1.807, 2.05) is 45.9 Å². The first-order valence-corrected chi connectivity index (χ1v) is 10.1. The molecule has 0 unspecified atom stereocenters. The van der Waals surface area contributed by atoms with Crippen molar-refractivity contribution < 1.29 is 4.79 Å². The predicted molar refractivity (Wildman–Crippen MR) is 120 cm³/mol. The number of allylic oxidation sites excluding steroid dienone is 4. The minimum absolute atomic E-state index is 0.167. The van der Waals surface area contributed by atoms with Crippen molar-refractivity contribution in [3.05, 3.63) is 36.6 Å². The van der Waals surface area contributed by atoms with Crippen LogP contribution in [0.1, 0.15) is 101 Å². The summed E-state index contributed by atoms with van der Waals surface area (Å²) in [5.74, 6) is 1.13. The molecule has 0 aromatic rings. The third-order valence-corrected chi connectivity index (χ3v) is 2.46. The van der Waals surface area contributed by atoms with Gasteiger partial charge in [0.05, 0.1) is 0 Å². The van der Waals surface area contributed by atoms with Crippen LogP contribution in [-0.4, -0.2) is 5.78 Å². The summed E-state index contributed by atoms with van der Waals surface area (Å²) in [5, 5.41) is 0. The third kappa shape index (κ3) is 71.1. The summed E-state index contributed by atoms with van der Waals surface area (Å²) in [6, 6.07) is 0. The van der Waals surface area contributed by atoms with Crippen molar-refractivity contribution in [3.8, 4) is 0 Å². The Kier molecular flexibility index (Phi) is 53.5. The summed E-state index contributed by atoms with van der Waals surface area (Å²) in [5.41, 5.74) is 6.11. The van der Waals surface area contributed by atoms with Crippen molar-refractivity contribution in [1.29, 1.82) is 0 Å². The minimum atomic E-state index is 0.167. The molecule has 2 nitrogen and oxygen atoms in total. The zero-order valence-electron chi connectivity index (χ0n) is 19.1. The lowest BCUT2D eigenvalue weighted by atomic mass is 10.0. The number of hydrogen-bond acceptors (Lipinski definition) is 2. The van der Waals surface area contributed by atoms with Crippen molar-refractivity contribution in [2.24, 2.45) is 11.7 Å². The highest BCUT2D eigenvalue weighted by Gasteiger charge is 1.95. The van der Waals surface area contributed by atoms with Crippen LogP contribution in [0.15, 0.2) is 36.6 Å². The van der Waals surface area contributed by atoms with Crippen LogP contribution < -0.4 is 5.73 Å². The van der Waals surface area contributed by atoms with Gasteiger partial charge in [-0.3, -0.25) is 0 Å². The topological polar surface area (TPSA) is 43.1 Å². The van der Waals surface area contributed by atoms with Crippen LogP contribution in [0.3, 0.4) is 0 Å². The normalized spacial score (nSPS) is 9.32. The van der Waals surface area contributed by atoms with Crippen LogP contribution in [0.4, 0.5) is 0 Å². The molecule has 0 rings (SSSR count). The molecule has 0 aliphatic rings. The summed E-state index contributed by atoms with van der Waals surface area (Å²) < 4.78 is 0. The van der Waals surface area contributed by atoms with E-state index < -0.39 is 0 Å². The molecule has 0 amide bonds. The second-order valence-corrected chi connectivity index (χ2v) is 5.30. The Bertz CT molecular complexity index is 280. The molecule has 0 saturated heterocycles. The van der Waals surface area contributed by atoms with E-state index in [1.165, 1.54) is 39.5 Å². The lowest BCUT2D eigenvalue weighted by Crippen LogP contribution is -1.91. The van der Waals surface area contributed by atoms with Gasteiger partial charge in [-0.15, -0.1) is 0 Å². The minimum Gasteiger partial charge on any atom is -0.399 e. The van der Waals surface area contributed by atoms with Crippen LogP contribution in [-0.2, 0) is 4.79 Å². The van der Waals surface area contributed by atoms with Crippen LogP contribution >= 0.6 is 0 Å². The van der Waals surface area contributed by atoms with Gasteiger partial charge in [-0.25, -0.2) is 0 Å². The number of carbonyl (C=O) groups excluding carboxylic acids is 1. The zero-order chi connectivity index (χ0) is 21.1. The van der Waals surface area contributed by atoms with E-state index in [2.05, 4.69) is 34.3 Å². The summed E-state index contributed by atoms with van der Waals surface area (Å²) in [4.78, 5) is 9.44. The Labute approximate surface area is 160 Å². The van der Waals surface area contributed by atoms with Gasteiger partial charge >= 0.3 is 0 Å². The maximum absolute atomic E-state index is 9.44. The highest BCUT2D eigenvalue weighted by molar-refractivity contribution is 5.72. The third-order valence-electron chi connectivity index (χ3n) is 2.46. The molecule has 25 heavy (non-hydrogen) atoms. The fourth-order valence-corrected chi connectivity index (χ4v) is 1.51. The second kappa shape index (κ2) is 38.3. The number of Topliss-reactive ketones (excluding diaryl/α,β-unsaturated/α-hetero) is 1. The van der Waals surface area contributed by atoms with Crippen molar-refractivity contribution in [3.63, 3.8) is 0 Å². The Morgan fingerprint density at radius 2 is 1.36 bits per heavy atom. The predicted octanol–water partition coefficient (Wildman–Crippen LogP) is 7.85. The highest BCUT2D eigenvalue weighted by atomic mass is 16.1. The molecule has 0 aromatic carbocycles. The van der Waals surface area contributed by atoms with Gasteiger partial charge in [0.2, 0.25) is 0 Å². The molecule has 0 heterocycles. The lowest BCUT2D eigenvalue weighted by Gasteiger charge is -2.05. The van der Waals surface area contributed by atoms with Crippen molar-refractivity contribution in [2.75, 3.05) is 0 Å². The molecule has 0 spiro atoms. The van der Waals surface area contributed by atoms with Gasteiger partial charge in [-0.05, 0) is 38.3 Å². The first-order chi connectivity index (χ1) is 11.8. The molecule has 0 atom stereocenters. The highest BCUT2D eigenvalue weighted by Crippen LogP contribution is 2.10. The maximum Gasteiger partial charge on any atom is 0.126 e. The Morgan fingerprint density at radius 3 is 1.60 bits per heavy atom. The van der Waals surface area contributed by atoms with E-state index in [0.29, 0.717) is 5.70 Å². The average molecular weight is 356 g/mol. The van der Waals surface area contributed by atoms with E-state index in [1.54, 1.807) is 6.08 Å². The van der Waals surface area contributed by atoms with Crippen LogP contribution in [0, 0.1) is 5.92 Å². The van der Waals surface area contributed by atoms with Gasteiger partial charge in [-0.2, -0.15) is 0 Å². The van der Waals surface area contributed by atoms with Crippen LogP contribution in [0.2, 0.25) is 0 Å². The van der Waals surface area contributed by atoms with Crippen molar-refractivity contribution >= 4 is 5.78 Å². The van der Waals surface area contributed by atoms with E-state index >= 15 is 0 Å². The lowest BCUT2D eigenvalue weighted by molar-refractivity contribution is -0.114. The molecule has 2 heteroatoms. The maximum atomic E-state index is 9.44. The van der Waals surface area contributed by atoms with E-state index in [-0.39, 0.29) is 5.78 Å². The Morgan fingerprint density at radius 1 is 1.00 bits per heavy atom. The number of hydrogen-bond donors (Lipinski definition) is 1. The van der Waals surface area contributed by atoms with Crippen LogP contribution in [0.25, 0.3) is 0 Å². The van der Waals surface area contributed by atoms with Gasteiger partial charge in [0.1, 0.15) is 5.78 Å². The molecule has 2 N–H and O–H groups in total. The first kappa shape index (κ1) is 34.9. The summed E-state index contributed by atoms with van der Waals surface area (Å²) >= 11 is 0. The molecule has 152 valence electrons.